The average Bonchev–Trinajstić information content (AvgIpc) is 2.27. The highest BCUT2D eigenvalue weighted by atomic mass is 16.3. The molecule has 0 bridgehead atoms. The van der Waals surface area contributed by atoms with E-state index >= 15 is 0 Å². The lowest BCUT2D eigenvalue weighted by Gasteiger charge is -2.25. The second-order valence-corrected chi connectivity index (χ2v) is 3.99. The fraction of sp³-hybridized carbons (Fsp3) is 0.583. The third kappa shape index (κ3) is 2.93. The summed E-state index contributed by atoms with van der Waals surface area (Å²) >= 11 is 0. The van der Waals surface area contributed by atoms with Crippen molar-refractivity contribution >= 4 is 5.82 Å². The van der Waals surface area contributed by atoms with Crippen molar-refractivity contribution in [3.8, 4) is 0 Å². The summed E-state index contributed by atoms with van der Waals surface area (Å²) in [7, 11) is 2.04. The molecule has 1 aromatic heterocycles. The molecule has 1 rings (SSSR count). The largest absolute Gasteiger partial charge is 0.389 e. The smallest absolute Gasteiger partial charge is 0.128 e. The molecule has 0 aliphatic rings. The van der Waals surface area contributed by atoms with Gasteiger partial charge < -0.3 is 10.0 Å². The summed E-state index contributed by atoms with van der Waals surface area (Å²) in [6.45, 7) is 6.07. The van der Waals surface area contributed by atoms with Gasteiger partial charge in [0, 0.05) is 19.3 Å². The molecule has 0 fully saturated rings. The van der Waals surface area contributed by atoms with Crippen molar-refractivity contribution in [2.45, 2.75) is 39.3 Å². The van der Waals surface area contributed by atoms with E-state index in [1.165, 1.54) is 0 Å². The van der Waals surface area contributed by atoms with Crippen LogP contribution in [0, 0.1) is 0 Å². The Hall–Kier alpha value is -1.09. The van der Waals surface area contributed by atoms with Crippen LogP contribution in [0.2, 0.25) is 0 Å². The maximum Gasteiger partial charge on any atom is 0.128 e. The Morgan fingerprint density at radius 3 is 2.47 bits per heavy atom. The second kappa shape index (κ2) is 5.12. The van der Waals surface area contributed by atoms with Gasteiger partial charge in [-0.25, -0.2) is 4.98 Å². The third-order valence-electron chi connectivity index (χ3n) is 2.87. The van der Waals surface area contributed by atoms with Crippen LogP contribution in [0.3, 0.4) is 0 Å². The predicted molar refractivity (Wildman–Crippen MR) is 63.0 cm³/mol. The van der Waals surface area contributed by atoms with Gasteiger partial charge in [-0.1, -0.05) is 13.0 Å². The predicted octanol–water partition coefficient (Wildman–Crippen LogP) is 2.37. The zero-order valence-electron chi connectivity index (χ0n) is 9.94. The van der Waals surface area contributed by atoms with Gasteiger partial charge in [0.2, 0.25) is 0 Å². The molecule has 3 heteroatoms. The molecular weight excluding hydrogens is 188 g/mol. The van der Waals surface area contributed by atoms with Crippen LogP contribution in [0.1, 0.15) is 38.9 Å². The quantitative estimate of drug-likeness (QED) is 0.825. The van der Waals surface area contributed by atoms with Crippen molar-refractivity contribution in [3.63, 3.8) is 0 Å². The molecule has 1 N–H and O–H groups in total. The highest BCUT2D eigenvalue weighted by Crippen LogP contribution is 2.17. The van der Waals surface area contributed by atoms with E-state index in [0.29, 0.717) is 6.04 Å². The Kier molecular flexibility index (Phi) is 4.09. The molecule has 2 atom stereocenters. The standard InChI is InChI=1S/C12H20N2O/c1-5-9(2)14(4)12-7-6-11(8-13-12)10(3)15/h6-10,15H,5H2,1-4H3/t9?,10-/m1/s1. The Labute approximate surface area is 91.8 Å². The number of hydrogen-bond acceptors (Lipinski definition) is 3. The fourth-order valence-electron chi connectivity index (χ4n) is 1.35. The van der Waals surface area contributed by atoms with Crippen molar-refractivity contribution in [1.29, 1.82) is 0 Å². The molecule has 0 radical (unpaired) electrons. The van der Waals surface area contributed by atoms with Gasteiger partial charge in [0.25, 0.3) is 0 Å². The second-order valence-electron chi connectivity index (χ2n) is 3.99. The zero-order chi connectivity index (χ0) is 11.4. The van der Waals surface area contributed by atoms with Crippen LogP contribution < -0.4 is 4.90 Å². The summed E-state index contributed by atoms with van der Waals surface area (Å²) in [6.07, 6.45) is 2.38. The van der Waals surface area contributed by atoms with E-state index in [0.717, 1.165) is 17.8 Å². The van der Waals surface area contributed by atoms with E-state index in [9.17, 15) is 5.11 Å². The summed E-state index contributed by atoms with van der Waals surface area (Å²) in [5, 5.41) is 9.35. The monoisotopic (exact) mass is 208 g/mol. The van der Waals surface area contributed by atoms with Crippen molar-refractivity contribution in [2.24, 2.45) is 0 Å². The first-order chi connectivity index (χ1) is 7.06. The lowest BCUT2D eigenvalue weighted by molar-refractivity contribution is 0.199. The van der Waals surface area contributed by atoms with Crippen LogP contribution in [-0.4, -0.2) is 23.2 Å². The van der Waals surface area contributed by atoms with Gasteiger partial charge in [-0.3, -0.25) is 0 Å². The summed E-state index contributed by atoms with van der Waals surface area (Å²) in [5.74, 6) is 0.953. The fourth-order valence-corrected chi connectivity index (χ4v) is 1.35. The van der Waals surface area contributed by atoms with Gasteiger partial charge in [-0.15, -0.1) is 0 Å². The van der Waals surface area contributed by atoms with Crippen LogP contribution >= 0.6 is 0 Å². The van der Waals surface area contributed by atoms with E-state index in [2.05, 4.69) is 23.7 Å². The van der Waals surface area contributed by atoms with Gasteiger partial charge in [0.15, 0.2) is 0 Å². The highest BCUT2D eigenvalue weighted by Gasteiger charge is 2.09. The Balaban J connectivity index is 2.79. The third-order valence-corrected chi connectivity index (χ3v) is 2.87. The molecule has 84 valence electrons. The molecule has 3 nitrogen and oxygen atoms in total. The minimum Gasteiger partial charge on any atom is -0.389 e. The molecule has 1 unspecified atom stereocenters. The molecule has 15 heavy (non-hydrogen) atoms. The van der Waals surface area contributed by atoms with Gasteiger partial charge in [0.1, 0.15) is 5.82 Å². The molecule has 0 aliphatic carbocycles. The first-order valence-electron chi connectivity index (χ1n) is 5.43. The molecule has 0 aromatic carbocycles. The van der Waals surface area contributed by atoms with Crippen LogP contribution in [-0.2, 0) is 0 Å². The minimum atomic E-state index is -0.444. The number of aliphatic hydroxyl groups excluding tert-OH is 1. The van der Waals surface area contributed by atoms with Crippen molar-refractivity contribution in [1.82, 2.24) is 4.98 Å². The van der Waals surface area contributed by atoms with Crippen LogP contribution in [0.15, 0.2) is 18.3 Å². The number of aliphatic hydroxyl groups is 1. The van der Waals surface area contributed by atoms with Gasteiger partial charge >= 0.3 is 0 Å². The molecular formula is C12H20N2O. The first kappa shape index (κ1) is 12.0. The number of anilines is 1. The van der Waals surface area contributed by atoms with E-state index in [4.69, 9.17) is 0 Å². The molecule has 0 saturated heterocycles. The lowest BCUT2D eigenvalue weighted by Crippen LogP contribution is -2.28. The number of aromatic nitrogens is 1. The van der Waals surface area contributed by atoms with E-state index < -0.39 is 6.10 Å². The summed E-state index contributed by atoms with van der Waals surface area (Å²) in [5.41, 5.74) is 0.858. The minimum absolute atomic E-state index is 0.444. The Morgan fingerprint density at radius 2 is 2.07 bits per heavy atom. The zero-order valence-corrected chi connectivity index (χ0v) is 9.94. The SMILES string of the molecule is CCC(C)N(C)c1ccc([C@@H](C)O)cn1. The lowest BCUT2D eigenvalue weighted by atomic mass is 10.2. The highest BCUT2D eigenvalue weighted by molar-refractivity contribution is 5.39. The van der Waals surface area contributed by atoms with Gasteiger partial charge in [-0.2, -0.15) is 0 Å². The van der Waals surface area contributed by atoms with E-state index in [1.807, 2.05) is 19.2 Å². The summed E-state index contributed by atoms with van der Waals surface area (Å²) in [6, 6.07) is 4.36. The maximum atomic E-state index is 9.35. The number of nitrogens with zero attached hydrogens (tertiary/aromatic N) is 2. The first-order valence-corrected chi connectivity index (χ1v) is 5.43. The van der Waals surface area contributed by atoms with Crippen molar-refractivity contribution in [2.75, 3.05) is 11.9 Å². The van der Waals surface area contributed by atoms with Gasteiger partial charge in [0.05, 0.1) is 6.10 Å². The number of pyridine rings is 1. The molecule has 0 spiro atoms. The van der Waals surface area contributed by atoms with Crippen LogP contribution in [0.5, 0.6) is 0 Å². The average molecular weight is 208 g/mol. The molecule has 0 amide bonds. The Bertz CT molecular complexity index is 295. The van der Waals surface area contributed by atoms with Crippen LogP contribution in [0.4, 0.5) is 5.82 Å². The van der Waals surface area contributed by atoms with Crippen LogP contribution in [0.25, 0.3) is 0 Å². The summed E-state index contributed by atoms with van der Waals surface area (Å²) in [4.78, 5) is 6.48. The molecule has 0 aliphatic heterocycles. The number of hydrogen-bond donors (Lipinski definition) is 1. The molecule has 1 aromatic rings. The maximum absolute atomic E-state index is 9.35. The number of rotatable bonds is 4. The van der Waals surface area contributed by atoms with E-state index in [1.54, 1.807) is 13.1 Å². The van der Waals surface area contributed by atoms with Crippen molar-refractivity contribution < 1.29 is 5.11 Å². The molecule has 1 heterocycles. The van der Waals surface area contributed by atoms with Gasteiger partial charge in [-0.05, 0) is 31.9 Å². The Morgan fingerprint density at radius 1 is 1.40 bits per heavy atom. The summed E-state index contributed by atoms with van der Waals surface area (Å²) < 4.78 is 0. The normalized spacial score (nSPS) is 14.7. The van der Waals surface area contributed by atoms with E-state index in [-0.39, 0.29) is 0 Å². The molecule has 0 saturated carbocycles. The topological polar surface area (TPSA) is 36.4 Å². The van der Waals surface area contributed by atoms with Crippen molar-refractivity contribution in [3.05, 3.63) is 23.9 Å².